The Morgan fingerprint density at radius 2 is 1.62 bits per heavy atom. The van der Waals surface area contributed by atoms with Gasteiger partial charge in [0.2, 0.25) is 25.0 Å². The van der Waals surface area contributed by atoms with E-state index in [1.807, 2.05) is 4.72 Å². The number of sulfonamides is 1. The second-order valence-corrected chi connectivity index (χ2v) is 12.4. The van der Waals surface area contributed by atoms with E-state index in [2.05, 4.69) is 9.97 Å². The molecule has 1 atom stereocenters. The number of hydrogen-bond donors (Lipinski definition) is 1. The molecule has 0 aliphatic rings. The van der Waals surface area contributed by atoms with E-state index in [1.54, 1.807) is 18.2 Å². The predicted octanol–water partition coefficient (Wildman–Crippen LogP) is 4.21. The first-order valence-corrected chi connectivity index (χ1v) is 14.8. The average molecular weight is 603 g/mol. The van der Waals surface area contributed by atoms with Crippen molar-refractivity contribution in [2.24, 2.45) is 0 Å². The Hall–Kier alpha value is -3.92. The van der Waals surface area contributed by atoms with Crippen molar-refractivity contribution >= 4 is 36.6 Å². The fourth-order valence-corrected chi connectivity index (χ4v) is 5.51. The summed E-state index contributed by atoms with van der Waals surface area (Å²) >= 11 is 0. The van der Waals surface area contributed by atoms with Crippen molar-refractivity contribution in [1.82, 2.24) is 14.5 Å². The van der Waals surface area contributed by atoms with Crippen molar-refractivity contribution in [1.29, 1.82) is 0 Å². The van der Waals surface area contributed by atoms with Crippen molar-refractivity contribution in [3.63, 3.8) is 0 Å². The Morgan fingerprint density at radius 3 is 2.23 bits per heavy atom. The zero-order valence-corrected chi connectivity index (χ0v) is 22.2. The number of benzene rings is 2. The topological polar surface area (TPSA) is 128 Å². The number of alkyl halides is 3. The minimum Gasteiger partial charge on any atom is -0.280 e. The van der Waals surface area contributed by atoms with Gasteiger partial charge in [-0.15, -0.1) is 0 Å². The van der Waals surface area contributed by atoms with Crippen molar-refractivity contribution in [2.75, 3.05) is 11.0 Å². The molecular formula is C24H19F5N4O5S2. The molecule has 0 fully saturated rings. The molecule has 0 aliphatic carbocycles. The Labute approximate surface area is 224 Å². The van der Waals surface area contributed by atoms with Crippen molar-refractivity contribution in [3.05, 3.63) is 82.3 Å². The molecule has 16 heteroatoms. The molecule has 40 heavy (non-hydrogen) atoms. The molecule has 0 aliphatic heterocycles. The van der Waals surface area contributed by atoms with Crippen LogP contribution in [0.1, 0.15) is 18.5 Å². The van der Waals surface area contributed by atoms with Crippen LogP contribution in [0.5, 0.6) is 0 Å². The number of anilines is 1. The fraction of sp³-hybridized carbons (Fsp3) is 0.208. The normalized spacial score (nSPS) is 13.4. The fourth-order valence-electron chi connectivity index (χ4n) is 3.82. The van der Waals surface area contributed by atoms with Crippen molar-refractivity contribution < 1.29 is 38.8 Å². The maximum absolute atomic E-state index is 15.2. The molecule has 0 amide bonds. The Balaban J connectivity index is 1.86. The predicted molar refractivity (Wildman–Crippen MR) is 136 cm³/mol. The van der Waals surface area contributed by atoms with Gasteiger partial charge in [-0.1, -0.05) is 30.3 Å². The van der Waals surface area contributed by atoms with Gasteiger partial charge in [0, 0.05) is 23.4 Å². The number of nitrogens with zero attached hydrogens (tertiary/aromatic N) is 3. The molecule has 1 N–H and O–H groups in total. The molecule has 4 aromatic rings. The molecule has 2 aromatic carbocycles. The minimum atomic E-state index is -5.02. The number of halogens is 5. The van der Waals surface area contributed by atoms with E-state index in [1.165, 1.54) is 12.1 Å². The number of aromatic nitrogens is 3. The zero-order chi connectivity index (χ0) is 29.6. The van der Waals surface area contributed by atoms with E-state index < -0.39 is 82.6 Å². The summed E-state index contributed by atoms with van der Waals surface area (Å²) in [5.41, 5.74) is -4.07. The summed E-state index contributed by atoms with van der Waals surface area (Å²) < 4.78 is 122. The Kier molecular flexibility index (Phi) is 7.44. The van der Waals surface area contributed by atoms with Crippen LogP contribution in [0.3, 0.4) is 0 Å². The van der Waals surface area contributed by atoms with Crippen LogP contribution < -0.4 is 10.3 Å². The minimum absolute atomic E-state index is 0.120. The molecule has 4 rings (SSSR count). The summed E-state index contributed by atoms with van der Waals surface area (Å²) in [7, 11) is -8.29. The number of rotatable bonds is 7. The summed E-state index contributed by atoms with van der Waals surface area (Å²) in [5, 5.41) is -1.12. The molecule has 0 spiro atoms. The van der Waals surface area contributed by atoms with Gasteiger partial charge in [-0.05, 0) is 30.7 Å². The third-order valence-corrected chi connectivity index (χ3v) is 7.89. The van der Waals surface area contributed by atoms with Gasteiger partial charge in [0.1, 0.15) is 11.7 Å². The van der Waals surface area contributed by atoms with Gasteiger partial charge in [-0.25, -0.2) is 30.6 Å². The van der Waals surface area contributed by atoms with Crippen LogP contribution in [-0.2, 0) is 25.6 Å². The van der Waals surface area contributed by atoms with E-state index in [4.69, 9.17) is 0 Å². The van der Waals surface area contributed by atoms with Gasteiger partial charge in [0.15, 0.2) is 11.6 Å². The van der Waals surface area contributed by atoms with Gasteiger partial charge < -0.3 is 0 Å². The van der Waals surface area contributed by atoms with E-state index in [0.717, 1.165) is 24.4 Å². The second-order valence-electron chi connectivity index (χ2n) is 8.79. The SMILES string of the molecule is CC(n1c(=O)c(-c2ccc(NS(=O)(=O)Cc3ccccc3)c(F)c2F)cc2cnc(S(C)(=O)=O)nc21)C(F)(F)F. The Morgan fingerprint density at radius 1 is 0.975 bits per heavy atom. The van der Waals surface area contributed by atoms with E-state index in [-0.39, 0.29) is 9.95 Å². The summed E-state index contributed by atoms with van der Waals surface area (Å²) in [5.74, 6) is -3.97. The number of nitrogens with one attached hydrogen (secondary N) is 1. The maximum Gasteiger partial charge on any atom is 0.409 e. The molecule has 2 aromatic heterocycles. The summed E-state index contributed by atoms with van der Waals surface area (Å²) in [4.78, 5) is 20.5. The first-order chi connectivity index (χ1) is 18.5. The number of hydrogen-bond acceptors (Lipinski definition) is 7. The highest BCUT2D eigenvalue weighted by molar-refractivity contribution is 7.92. The van der Waals surface area contributed by atoms with Gasteiger partial charge in [0.25, 0.3) is 5.56 Å². The Bertz CT molecular complexity index is 1900. The number of sulfone groups is 1. The van der Waals surface area contributed by atoms with Crippen LogP contribution in [-0.4, -0.2) is 43.8 Å². The molecule has 0 bridgehead atoms. The van der Waals surface area contributed by atoms with Crippen LogP contribution >= 0.6 is 0 Å². The molecule has 9 nitrogen and oxygen atoms in total. The van der Waals surface area contributed by atoms with E-state index >= 15 is 8.78 Å². The zero-order valence-electron chi connectivity index (χ0n) is 20.6. The summed E-state index contributed by atoms with van der Waals surface area (Å²) in [6.45, 7) is 0.606. The quantitative estimate of drug-likeness (QED) is 0.248. The second kappa shape index (κ2) is 10.2. The highest BCUT2D eigenvalue weighted by Gasteiger charge is 2.39. The van der Waals surface area contributed by atoms with Crippen LogP contribution in [0.4, 0.5) is 27.6 Å². The van der Waals surface area contributed by atoms with E-state index in [9.17, 15) is 34.8 Å². The first-order valence-electron chi connectivity index (χ1n) is 11.2. The molecule has 1 unspecified atom stereocenters. The third kappa shape index (κ3) is 5.82. The van der Waals surface area contributed by atoms with Crippen LogP contribution in [0.2, 0.25) is 0 Å². The largest absolute Gasteiger partial charge is 0.409 e. The van der Waals surface area contributed by atoms with Crippen molar-refractivity contribution in [3.8, 4) is 11.1 Å². The molecular weight excluding hydrogens is 583 g/mol. The average Bonchev–Trinajstić information content (AvgIpc) is 2.85. The van der Waals surface area contributed by atoms with Gasteiger partial charge in [-0.3, -0.25) is 14.1 Å². The lowest BCUT2D eigenvalue weighted by molar-refractivity contribution is -0.162. The van der Waals surface area contributed by atoms with Gasteiger partial charge in [0.05, 0.1) is 17.0 Å². The van der Waals surface area contributed by atoms with Crippen molar-refractivity contribution in [2.45, 2.75) is 30.1 Å². The van der Waals surface area contributed by atoms with Crippen LogP contribution in [0, 0.1) is 11.6 Å². The van der Waals surface area contributed by atoms with Gasteiger partial charge in [-0.2, -0.15) is 18.2 Å². The number of pyridine rings is 1. The maximum atomic E-state index is 15.2. The van der Waals surface area contributed by atoms with Crippen LogP contribution in [0.15, 0.2) is 64.7 Å². The summed E-state index contributed by atoms with van der Waals surface area (Å²) in [6, 6.07) is 7.83. The van der Waals surface area contributed by atoms with E-state index in [0.29, 0.717) is 18.7 Å². The lowest BCUT2D eigenvalue weighted by atomic mass is 10.0. The lowest BCUT2D eigenvalue weighted by Crippen LogP contribution is -2.34. The summed E-state index contributed by atoms with van der Waals surface area (Å²) in [6.07, 6.45) is -3.47. The van der Waals surface area contributed by atoms with Crippen LogP contribution in [0.25, 0.3) is 22.2 Å². The molecule has 0 radical (unpaired) electrons. The highest BCUT2D eigenvalue weighted by Crippen LogP contribution is 2.34. The molecule has 0 saturated carbocycles. The van der Waals surface area contributed by atoms with Gasteiger partial charge >= 0.3 is 6.18 Å². The monoisotopic (exact) mass is 602 g/mol. The first kappa shape index (κ1) is 29.1. The smallest absolute Gasteiger partial charge is 0.280 e. The molecule has 0 saturated heterocycles. The molecule has 2 heterocycles. The highest BCUT2D eigenvalue weighted by atomic mass is 32.2. The number of fused-ring (bicyclic) bond motifs is 1. The molecule has 212 valence electrons. The standard InChI is InChI=1S/C24H19F5N4O5S2/c1-13(24(27,28)29)33-21-15(11-30-23(31-21)39(2,35)36)10-17(22(33)34)16-8-9-18(20(26)19(16)25)32-40(37,38)12-14-6-4-3-5-7-14/h3-11,13,32H,12H2,1-2H3. The third-order valence-electron chi connectivity index (χ3n) is 5.78. The lowest BCUT2D eigenvalue weighted by Gasteiger charge is -2.21.